The van der Waals surface area contributed by atoms with Gasteiger partial charge in [-0.2, -0.15) is 0 Å². The molecular formula is C14H14FN3OS. The summed E-state index contributed by atoms with van der Waals surface area (Å²) in [5.74, 6) is 0.106. The molecule has 2 aromatic rings. The van der Waals surface area contributed by atoms with E-state index in [-0.39, 0.29) is 10.6 Å². The maximum absolute atomic E-state index is 13.7. The van der Waals surface area contributed by atoms with Gasteiger partial charge in [0, 0.05) is 30.1 Å². The Morgan fingerprint density at radius 1 is 1.40 bits per heavy atom. The molecule has 2 rings (SSSR count). The van der Waals surface area contributed by atoms with Gasteiger partial charge in [-0.3, -0.25) is 0 Å². The monoisotopic (exact) mass is 291 g/mol. The van der Waals surface area contributed by atoms with E-state index < -0.39 is 5.82 Å². The van der Waals surface area contributed by atoms with Gasteiger partial charge in [0.1, 0.15) is 10.8 Å². The molecule has 1 aromatic carbocycles. The summed E-state index contributed by atoms with van der Waals surface area (Å²) in [5, 5.41) is 3.11. The lowest BCUT2D eigenvalue weighted by Crippen LogP contribution is -2.12. The van der Waals surface area contributed by atoms with Crippen molar-refractivity contribution >= 4 is 22.9 Å². The third kappa shape index (κ3) is 3.42. The Kier molecular flexibility index (Phi) is 4.47. The lowest BCUT2D eigenvalue weighted by molar-refractivity contribution is 0.397. The largest absolute Gasteiger partial charge is 0.481 e. The summed E-state index contributed by atoms with van der Waals surface area (Å²) in [6.07, 6.45) is 1.66. The van der Waals surface area contributed by atoms with Gasteiger partial charge in [0.15, 0.2) is 0 Å². The molecule has 1 aromatic heterocycles. The molecule has 6 heteroatoms. The Morgan fingerprint density at radius 2 is 2.20 bits per heavy atom. The minimum Gasteiger partial charge on any atom is -0.481 e. The molecule has 0 unspecified atom stereocenters. The first-order chi connectivity index (χ1) is 9.60. The zero-order valence-corrected chi connectivity index (χ0v) is 11.7. The van der Waals surface area contributed by atoms with Crippen LogP contribution in [0.5, 0.6) is 5.88 Å². The SMILES string of the molecule is COc1cc(CNc2ccc(C(N)=S)c(F)c2)ccn1. The van der Waals surface area contributed by atoms with E-state index in [0.29, 0.717) is 18.1 Å². The third-order valence-corrected chi connectivity index (χ3v) is 2.96. The number of thiocarbonyl (C=S) groups is 1. The fourth-order valence-corrected chi connectivity index (χ4v) is 1.87. The molecule has 0 atom stereocenters. The zero-order chi connectivity index (χ0) is 14.5. The van der Waals surface area contributed by atoms with Crippen molar-refractivity contribution in [3.05, 3.63) is 53.5 Å². The molecule has 20 heavy (non-hydrogen) atoms. The van der Waals surface area contributed by atoms with E-state index in [2.05, 4.69) is 10.3 Å². The van der Waals surface area contributed by atoms with Crippen molar-refractivity contribution in [2.75, 3.05) is 12.4 Å². The molecule has 0 radical (unpaired) electrons. The summed E-state index contributed by atoms with van der Waals surface area (Å²) in [4.78, 5) is 4.07. The molecule has 0 bridgehead atoms. The highest BCUT2D eigenvalue weighted by Gasteiger charge is 2.06. The summed E-state index contributed by atoms with van der Waals surface area (Å²) >= 11 is 4.76. The molecule has 3 N–H and O–H groups in total. The lowest BCUT2D eigenvalue weighted by atomic mass is 10.2. The summed E-state index contributed by atoms with van der Waals surface area (Å²) in [7, 11) is 1.56. The standard InChI is InChI=1S/C14H14FN3OS/c1-19-13-6-9(4-5-17-13)8-18-10-2-3-11(14(16)20)12(15)7-10/h2-7,18H,8H2,1H3,(H2,16,20). The summed E-state index contributed by atoms with van der Waals surface area (Å²) in [6, 6.07) is 8.33. The first-order valence-corrected chi connectivity index (χ1v) is 6.33. The van der Waals surface area contributed by atoms with Gasteiger partial charge in [-0.25, -0.2) is 9.37 Å². The Balaban J connectivity index is 2.07. The van der Waals surface area contributed by atoms with E-state index >= 15 is 0 Å². The van der Waals surface area contributed by atoms with Gasteiger partial charge in [0.05, 0.1) is 7.11 Å². The van der Waals surface area contributed by atoms with Gasteiger partial charge in [0.2, 0.25) is 5.88 Å². The number of aromatic nitrogens is 1. The first-order valence-electron chi connectivity index (χ1n) is 5.92. The van der Waals surface area contributed by atoms with Crippen molar-refractivity contribution in [1.29, 1.82) is 0 Å². The normalized spacial score (nSPS) is 10.1. The van der Waals surface area contributed by atoms with Crippen LogP contribution in [0.4, 0.5) is 10.1 Å². The molecule has 0 spiro atoms. The number of pyridine rings is 1. The molecule has 0 aliphatic heterocycles. The van der Waals surface area contributed by atoms with Gasteiger partial charge in [-0.15, -0.1) is 0 Å². The number of rotatable bonds is 5. The Morgan fingerprint density at radius 3 is 2.85 bits per heavy atom. The van der Waals surface area contributed by atoms with Gasteiger partial charge >= 0.3 is 0 Å². The predicted octanol–water partition coefficient (Wildman–Crippen LogP) is 2.48. The smallest absolute Gasteiger partial charge is 0.213 e. The molecule has 0 aliphatic rings. The van der Waals surface area contributed by atoms with E-state index in [9.17, 15) is 4.39 Å². The van der Waals surface area contributed by atoms with E-state index in [1.165, 1.54) is 6.07 Å². The Labute approximate surface area is 121 Å². The molecule has 104 valence electrons. The summed E-state index contributed by atoms with van der Waals surface area (Å²) in [5.41, 5.74) is 7.29. The second-order valence-corrected chi connectivity index (χ2v) is 4.56. The number of benzene rings is 1. The number of ether oxygens (including phenoxy) is 1. The molecule has 4 nitrogen and oxygen atoms in total. The molecule has 1 heterocycles. The van der Waals surface area contributed by atoms with Crippen molar-refractivity contribution in [3.8, 4) is 5.88 Å². The lowest BCUT2D eigenvalue weighted by Gasteiger charge is -2.09. The first kappa shape index (κ1) is 14.2. The number of methoxy groups -OCH3 is 1. The number of hydrogen-bond acceptors (Lipinski definition) is 4. The van der Waals surface area contributed by atoms with Crippen LogP contribution in [-0.2, 0) is 6.54 Å². The van der Waals surface area contributed by atoms with Gasteiger partial charge in [0.25, 0.3) is 0 Å². The van der Waals surface area contributed by atoms with Crippen LogP contribution in [-0.4, -0.2) is 17.1 Å². The molecule has 0 saturated heterocycles. The number of halogens is 1. The van der Waals surface area contributed by atoms with Crippen LogP contribution in [0.1, 0.15) is 11.1 Å². The quantitative estimate of drug-likeness (QED) is 0.829. The third-order valence-electron chi connectivity index (χ3n) is 2.74. The Bertz CT molecular complexity index is 634. The van der Waals surface area contributed by atoms with Crippen LogP contribution in [0.3, 0.4) is 0 Å². The van der Waals surface area contributed by atoms with Crippen molar-refractivity contribution in [2.24, 2.45) is 5.73 Å². The van der Waals surface area contributed by atoms with Crippen LogP contribution in [0.2, 0.25) is 0 Å². The van der Waals surface area contributed by atoms with Crippen molar-refractivity contribution in [2.45, 2.75) is 6.54 Å². The molecule has 0 fully saturated rings. The summed E-state index contributed by atoms with van der Waals surface area (Å²) < 4.78 is 18.7. The van der Waals surface area contributed by atoms with Crippen LogP contribution in [0, 0.1) is 5.82 Å². The number of anilines is 1. The van der Waals surface area contributed by atoms with E-state index in [1.54, 1.807) is 25.4 Å². The predicted molar refractivity (Wildman–Crippen MR) is 80.4 cm³/mol. The van der Waals surface area contributed by atoms with Crippen LogP contribution in [0.25, 0.3) is 0 Å². The second kappa shape index (κ2) is 6.29. The average Bonchev–Trinajstić information content (AvgIpc) is 2.45. The second-order valence-electron chi connectivity index (χ2n) is 4.12. The number of hydrogen-bond donors (Lipinski definition) is 2. The van der Waals surface area contributed by atoms with E-state index in [1.807, 2.05) is 12.1 Å². The fourth-order valence-electron chi connectivity index (χ4n) is 1.70. The maximum atomic E-state index is 13.7. The minimum atomic E-state index is -0.435. The highest BCUT2D eigenvalue weighted by atomic mass is 32.1. The van der Waals surface area contributed by atoms with Gasteiger partial charge in [-0.05, 0) is 29.8 Å². The van der Waals surface area contributed by atoms with Crippen LogP contribution < -0.4 is 15.8 Å². The van der Waals surface area contributed by atoms with E-state index in [4.69, 9.17) is 22.7 Å². The number of nitrogens with zero attached hydrogens (tertiary/aromatic N) is 1. The van der Waals surface area contributed by atoms with E-state index in [0.717, 1.165) is 5.56 Å². The Hall–Kier alpha value is -2.21. The fraction of sp³-hybridized carbons (Fsp3) is 0.143. The highest BCUT2D eigenvalue weighted by molar-refractivity contribution is 7.80. The van der Waals surface area contributed by atoms with Crippen molar-refractivity contribution in [3.63, 3.8) is 0 Å². The zero-order valence-electron chi connectivity index (χ0n) is 10.9. The van der Waals surface area contributed by atoms with Crippen molar-refractivity contribution in [1.82, 2.24) is 4.98 Å². The number of nitrogens with one attached hydrogen (secondary N) is 1. The van der Waals surface area contributed by atoms with Crippen LogP contribution >= 0.6 is 12.2 Å². The van der Waals surface area contributed by atoms with Crippen molar-refractivity contribution < 1.29 is 9.13 Å². The highest BCUT2D eigenvalue weighted by Crippen LogP contribution is 2.16. The number of nitrogens with two attached hydrogens (primary N) is 1. The minimum absolute atomic E-state index is 0.0490. The molecule has 0 saturated carbocycles. The molecular weight excluding hydrogens is 277 g/mol. The molecule has 0 aliphatic carbocycles. The van der Waals surface area contributed by atoms with Crippen LogP contribution in [0.15, 0.2) is 36.5 Å². The van der Waals surface area contributed by atoms with Gasteiger partial charge in [-0.1, -0.05) is 12.2 Å². The molecule has 0 amide bonds. The maximum Gasteiger partial charge on any atom is 0.213 e. The average molecular weight is 291 g/mol. The topological polar surface area (TPSA) is 60.2 Å². The summed E-state index contributed by atoms with van der Waals surface area (Å²) in [6.45, 7) is 0.532. The van der Waals surface area contributed by atoms with Gasteiger partial charge < -0.3 is 15.8 Å².